The van der Waals surface area contributed by atoms with Crippen LogP contribution in [0, 0.1) is 29.6 Å². The lowest BCUT2D eigenvalue weighted by Crippen LogP contribution is -2.22. The Hall–Kier alpha value is -1.22. The molecule has 0 amide bonds. The molecule has 3 aliphatic carbocycles. The smallest absolute Gasteiger partial charge is 0.161 e. The minimum atomic E-state index is 0.485. The minimum absolute atomic E-state index is 0.485. The Kier molecular flexibility index (Phi) is 2.58. The topological polar surface area (TPSA) is 30.5 Å². The van der Waals surface area contributed by atoms with Crippen LogP contribution in [-0.2, 0) is 0 Å². The molecule has 0 spiro atoms. The lowest BCUT2D eigenvalue weighted by atomic mass is 9.93. The number of benzene rings is 1. The SMILES string of the molecule is CNC(c1ccc2c(c1)OCCO2)C1C2C3CCC(C3)C21. The minimum Gasteiger partial charge on any atom is -0.486 e. The maximum absolute atomic E-state index is 5.75. The Morgan fingerprint density at radius 2 is 1.76 bits per heavy atom. The molecule has 3 nitrogen and oxygen atoms in total. The van der Waals surface area contributed by atoms with Crippen molar-refractivity contribution in [3.8, 4) is 11.5 Å². The summed E-state index contributed by atoms with van der Waals surface area (Å²) in [4.78, 5) is 0. The lowest BCUT2D eigenvalue weighted by Gasteiger charge is -2.24. The summed E-state index contributed by atoms with van der Waals surface area (Å²) < 4.78 is 11.4. The van der Waals surface area contributed by atoms with Crippen LogP contribution in [0.5, 0.6) is 11.5 Å². The average Bonchev–Trinajstić information content (AvgIpc) is 2.94. The number of rotatable bonds is 3. The van der Waals surface area contributed by atoms with Crippen LogP contribution in [0.4, 0.5) is 0 Å². The highest BCUT2D eigenvalue weighted by Crippen LogP contribution is 2.72. The summed E-state index contributed by atoms with van der Waals surface area (Å²) in [6.45, 7) is 1.33. The Bertz CT molecular complexity index is 556. The molecule has 4 aliphatic rings. The van der Waals surface area contributed by atoms with E-state index in [1.165, 1.54) is 24.8 Å². The zero-order chi connectivity index (χ0) is 14.0. The molecule has 0 saturated heterocycles. The Labute approximate surface area is 126 Å². The van der Waals surface area contributed by atoms with E-state index in [2.05, 4.69) is 30.6 Å². The van der Waals surface area contributed by atoms with Gasteiger partial charge < -0.3 is 14.8 Å². The molecule has 0 radical (unpaired) electrons. The highest BCUT2D eigenvalue weighted by Gasteiger charge is 2.66. The molecular weight excluding hydrogens is 262 g/mol. The van der Waals surface area contributed by atoms with Crippen LogP contribution in [0.15, 0.2) is 18.2 Å². The molecular formula is C18H23NO2. The monoisotopic (exact) mass is 285 g/mol. The molecule has 1 aromatic rings. The van der Waals surface area contributed by atoms with Crippen molar-refractivity contribution in [2.45, 2.75) is 25.3 Å². The summed E-state index contributed by atoms with van der Waals surface area (Å²) in [5.74, 6) is 6.72. The van der Waals surface area contributed by atoms with Gasteiger partial charge in [0.25, 0.3) is 0 Å². The maximum Gasteiger partial charge on any atom is 0.161 e. The molecule has 112 valence electrons. The van der Waals surface area contributed by atoms with E-state index in [9.17, 15) is 0 Å². The molecule has 2 bridgehead atoms. The molecule has 1 N–H and O–H groups in total. The highest BCUT2D eigenvalue weighted by molar-refractivity contribution is 5.45. The number of fused-ring (bicyclic) bond motifs is 6. The molecule has 3 heteroatoms. The third kappa shape index (κ3) is 1.70. The van der Waals surface area contributed by atoms with Crippen molar-refractivity contribution >= 4 is 0 Å². The van der Waals surface area contributed by atoms with Crippen LogP contribution < -0.4 is 14.8 Å². The van der Waals surface area contributed by atoms with Gasteiger partial charge in [0.05, 0.1) is 0 Å². The van der Waals surface area contributed by atoms with Crippen LogP contribution in [0.2, 0.25) is 0 Å². The van der Waals surface area contributed by atoms with Crippen molar-refractivity contribution in [1.29, 1.82) is 0 Å². The van der Waals surface area contributed by atoms with Crippen LogP contribution in [0.25, 0.3) is 0 Å². The van der Waals surface area contributed by atoms with E-state index >= 15 is 0 Å². The van der Waals surface area contributed by atoms with E-state index in [-0.39, 0.29) is 0 Å². The largest absolute Gasteiger partial charge is 0.486 e. The molecule has 1 aliphatic heterocycles. The normalized spacial score (nSPS) is 40.0. The summed E-state index contributed by atoms with van der Waals surface area (Å²) in [5, 5.41) is 3.59. The highest BCUT2D eigenvalue weighted by atomic mass is 16.6. The van der Waals surface area contributed by atoms with Gasteiger partial charge in [-0.1, -0.05) is 6.07 Å². The van der Waals surface area contributed by atoms with Gasteiger partial charge in [0.2, 0.25) is 0 Å². The summed E-state index contributed by atoms with van der Waals surface area (Å²) >= 11 is 0. The average molecular weight is 285 g/mol. The number of ether oxygens (including phenoxy) is 2. The lowest BCUT2D eigenvalue weighted by molar-refractivity contribution is 0.171. The second kappa shape index (κ2) is 4.39. The van der Waals surface area contributed by atoms with Crippen LogP contribution in [0.3, 0.4) is 0 Å². The first kappa shape index (κ1) is 12.3. The molecule has 0 aromatic heterocycles. The van der Waals surface area contributed by atoms with Gasteiger partial charge in [-0.2, -0.15) is 0 Å². The van der Waals surface area contributed by atoms with Crippen molar-refractivity contribution in [3.63, 3.8) is 0 Å². The van der Waals surface area contributed by atoms with Crippen LogP contribution >= 0.6 is 0 Å². The van der Waals surface area contributed by atoms with Crippen molar-refractivity contribution in [3.05, 3.63) is 23.8 Å². The van der Waals surface area contributed by atoms with E-state index in [4.69, 9.17) is 9.47 Å². The van der Waals surface area contributed by atoms with Gasteiger partial charge >= 0.3 is 0 Å². The van der Waals surface area contributed by atoms with Crippen LogP contribution in [0.1, 0.15) is 30.9 Å². The van der Waals surface area contributed by atoms with E-state index in [1.807, 2.05) is 0 Å². The van der Waals surface area contributed by atoms with E-state index in [1.54, 1.807) is 0 Å². The van der Waals surface area contributed by atoms with Gasteiger partial charge in [0.1, 0.15) is 13.2 Å². The first-order valence-corrected chi connectivity index (χ1v) is 8.43. The zero-order valence-corrected chi connectivity index (χ0v) is 12.5. The summed E-state index contributed by atoms with van der Waals surface area (Å²) in [6.07, 6.45) is 4.49. The molecule has 5 unspecified atom stereocenters. The maximum atomic E-state index is 5.75. The fraction of sp³-hybridized carbons (Fsp3) is 0.667. The van der Waals surface area contributed by atoms with Gasteiger partial charge in [-0.15, -0.1) is 0 Å². The molecule has 1 aromatic carbocycles. The van der Waals surface area contributed by atoms with Crippen molar-refractivity contribution in [1.82, 2.24) is 5.32 Å². The summed E-state index contributed by atoms with van der Waals surface area (Å²) in [5.41, 5.74) is 1.38. The molecule has 1 heterocycles. The van der Waals surface area contributed by atoms with Gasteiger partial charge in [0.15, 0.2) is 11.5 Å². The van der Waals surface area contributed by atoms with Crippen molar-refractivity contribution in [2.24, 2.45) is 29.6 Å². The number of hydrogen-bond acceptors (Lipinski definition) is 3. The van der Waals surface area contributed by atoms with Gasteiger partial charge in [0, 0.05) is 6.04 Å². The Morgan fingerprint density at radius 1 is 1.05 bits per heavy atom. The van der Waals surface area contributed by atoms with Gasteiger partial charge in [-0.05, 0) is 73.6 Å². The fourth-order valence-electron chi connectivity index (χ4n) is 5.67. The Balaban J connectivity index is 1.43. The molecule has 5 atom stereocenters. The number of hydrogen-bond donors (Lipinski definition) is 1. The fourth-order valence-corrected chi connectivity index (χ4v) is 5.67. The third-order valence-electron chi connectivity index (χ3n) is 6.42. The first-order valence-electron chi connectivity index (χ1n) is 8.43. The summed E-state index contributed by atoms with van der Waals surface area (Å²) in [6, 6.07) is 7.00. The molecule has 3 fully saturated rings. The zero-order valence-electron chi connectivity index (χ0n) is 12.5. The molecule has 21 heavy (non-hydrogen) atoms. The quantitative estimate of drug-likeness (QED) is 0.926. The Morgan fingerprint density at radius 3 is 2.48 bits per heavy atom. The van der Waals surface area contributed by atoms with Crippen LogP contribution in [-0.4, -0.2) is 20.3 Å². The van der Waals surface area contributed by atoms with E-state index in [0.717, 1.165) is 41.1 Å². The van der Waals surface area contributed by atoms with Crippen molar-refractivity contribution in [2.75, 3.05) is 20.3 Å². The second-order valence-corrected chi connectivity index (χ2v) is 7.23. The third-order valence-corrected chi connectivity index (χ3v) is 6.42. The standard InChI is InChI=1S/C18H23NO2/c1-19-18(17-15-10-2-3-11(8-10)16(15)17)12-4-5-13-14(9-12)21-7-6-20-13/h4-5,9-11,15-19H,2-3,6-8H2,1H3. The molecule has 3 saturated carbocycles. The second-order valence-electron chi connectivity index (χ2n) is 7.23. The summed E-state index contributed by atoms with van der Waals surface area (Å²) in [7, 11) is 2.11. The predicted octanol–water partition coefficient (Wildman–Crippen LogP) is 3.01. The molecule has 5 rings (SSSR count). The van der Waals surface area contributed by atoms with Crippen molar-refractivity contribution < 1.29 is 9.47 Å². The van der Waals surface area contributed by atoms with E-state index in [0.29, 0.717) is 19.3 Å². The first-order chi connectivity index (χ1) is 10.4. The van der Waals surface area contributed by atoms with E-state index < -0.39 is 0 Å². The number of nitrogens with one attached hydrogen (secondary N) is 1. The predicted molar refractivity (Wildman–Crippen MR) is 80.5 cm³/mol. The van der Waals surface area contributed by atoms with Gasteiger partial charge in [-0.25, -0.2) is 0 Å². The van der Waals surface area contributed by atoms with Gasteiger partial charge in [-0.3, -0.25) is 0 Å².